The van der Waals surface area contributed by atoms with Crippen molar-refractivity contribution in [1.82, 2.24) is 0 Å². The third kappa shape index (κ3) is 5.77. The van der Waals surface area contributed by atoms with Crippen molar-refractivity contribution < 1.29 is 14.2 Å². The molecule has 4 aromatic carbocycles. The van der Waals surface area contributed by atoms with E-state index < -0.39 is 0 Å². The second-order valence-electron chi connectivity index (χ2n) is 8.38. The summed E-state index contributed by atoms with van der Waals surface area (Å²) in [5, 5.41) is 2.43. The first-order valence-corrected chi connectivity index (χ1v) is 12.7. The van der Waals surface area contributed by atoms with Crippen LogP contribution in [0.5, 0.6) is 11.5 Å². The molecule has 1 saturated heterocycles. The Morgan fingerprint density at radius 1 is 0.943 bits per heavy atom. The normalized spacial score (nSPS) is 13.9. The van der Waals surface area contributed by atoms with Crippen LogP contribution in [0.2, 0.25) is 0 Å². The highest BCUT2D eigenvalue weighted by atomic mass is 127. The summed E-state index contributed by atoms with van der Waals surface area (Å²) in [6, 6.07) is 27.1. The maximum atomic E-state index is 6.19. The van der Waals surface area contributed by atoms with Crippen LogP contribution in [0.3, 0.4) is 0 Å². The Balaban J connectivity index is 1.28. The molecule has 0 radical (unpaired) electrons. The standard InChI is InChI=1S/C29H27IN2O3/c1-33-28-18-22(19-31-25-8-10-26(11-9-25)32-12-14-34-15-13-32)17-27(30)29(28)35-20-21-6-7-23-4-2-3-5-24(23)16-21/h2-11,16-19H,12-15,20H2,1H3. The molecule has 0 aromatic heterocycles. The van der Waals surface area contributed by atoms with Crippen molar-refractivity contribution in [3.63, 3.8) is 0 Å². The Kier molecular flexibility index (Phi) is 7.49. The number of rotatable bonds is 7. The number of benzene rings is 4. The van der Waals surface area contributed by atoms with Crippen molar-refractivity contribution in [1.29, 1.82) is 0 Å². The molecule has 1 aliphatic rings. The number of anilines is 1. The van der Waals surface area contributed by atoms with Crippen molar-refractivity contribution in [2.24, 2.45) is 4.99 Å². The van der Waals surface area contributed by atoms with Gasteiger partial charge in [-0.15, -0.1) is 0 Å². The predicted octanol–water partition coefficient (Wildman–Crippen LogP) is 6.62. The molecule has 5 nitrogen and oxygen atoms in total. The van der Waals surface area contributed by atoms with E-state index in [9.17, 15) is 0 Å². The van der Waals surface area contributed by atoms with E-state index in [0.29, 0.717) is 12.4 Å². The molecule has 0 aliphatic carbocycles. The third-order valence-electron chi connectivity index (χ3n) is 6.04. The molecule has 0 spiro atoms. The van der Waals surface area contributed by atoms with Crippen LogP contribution in [-0.2, 0) is 11.3 Å². The number of aliphatic imine (C=N–C) groups is 1. The predicted molar refractivity (Wildman–Crippen MR) is 151 cm³/mol. The number of nitrogens with zero attached hydrogens (tertiary/aromatic N) is 2. The van der Waals surface area contributed by atoms with Gasteiger partial charge in [0.2, 0.25) is 0 Å². The topological polar surface area (TPSA) is 43.3 Å². The number of hydrogen-bond donors (Lipinski definition) is 0. The fraction of sp³-hybridized carbons (Fsp3) is 0.207. The van der Waals surface area contributed by atoms with Crippen molar-refractivity contribution in [3.8, 4) is 11.5 Å². The van der Waals surface area contributed by atoms with Crippen molar-refractivity contribution in [3.05, 3.63) is 93.6 Å². The summed E-state index contributed by atoms with van der Waals surface area (Å²) in [6.07, 6.45) is 1.86. The molecule has 0 N–H and O–H groups in total. The van der Waals surface area contributed by atoms with Gasteiger partial charge in [-0.25, -0.2) is 0 Å². The molecule has 0 bridgehead atoms. The molecule has 6 heteroatoms. The maximum absolute atomic E-state index is 6.19. The largest absolute Gasteiger partial charge is 0.493 e. The van der Waals surface area contributed by atoms with Crippen LogP contribution in [0.15, 0.2) is 83.9 Å². The molecule has 0 saturated carbocycles. The van der Waals surface area contributed by atoms with Crippen LogP contribution in [0.4, 0.5) is 11.4 Å². The SMILES string of the molecule is COc1cc(C=Nc2ccc(N3CCOCC3)cc2)cc(I)c1OCc1ccc2ccccc2c1. The highest BCUT2D eigenvalue weighted by molar-refractivity contribution is 14.1. The lowest BCUT2D eigenvalue weighted by molar-refractivity contribution is 0.122. The second kappa shape index (κ2) is 11.1. The van der Waals surface area contributed by atoms with Gasteiger partial charge in [-0.2, -0.15) is 0 Å². The fourth-order valence-corrected chi connectivity index (χ4v) is 4.94. The molecular formula is C29H27IN2O3. The highest BCUT2D eigenvalue weighted by Crippen LogP contribution is 2.34. The molecule has 1 fully saturated rings. The van der Waals surface area contributed by atoms with Gasteiger partial charge in [-0.3, -0.25) is 4.99 Å². The Morgan fingerprint density at radius 3 is 2.49 bits per heavy atom. The zero-order valence-corrected chi connectivity index (χ0v) is 21.8. The third-order valence-corrected chi connectivity index (χ3v) is 6.84. The molecule has 0 atom stereocenters. The van der Waals surface area contributed by atoms with E-state index in [1.807, 2.05) is 24.4 Å². The van der Waals surface area contributed by atoms with Gasteiger partial charge in [0.1, 0.15) is 6.61 Å². The van der Waals surface area contributed by atoms with Crippen LogP contribution in [-0.4, -0.2) is 39.6 Å². The average Bonchev–Trinajstić information content (AvgIpc) is 2.91. The Bertz CT molecular complexity index is 1330. The van der Waals surface area contributed by atoms with E-state index in [-0.39, 0.29) is 0 Å². The highest BCUT2D eigenvalue weighted by Gasteiger charge is 2.13. The van der Waals surface area contributed by atoms with Gasteiger partial charge in [0.15, 0.2) is 11.5 Å². The molecule has 178 valence electrons. The first-order valence-electron chi connectivity index (χ1n) is 11.6. The van der Waals surface area contributed by atoms with Gasteiger partial charge in [0.25, 0.3) is 0 Å². The fourth-order valence-electron chi connectivity index (χ4n) is 4.16. The van der Waals surface area contributed by atoms with Crippen molar-refractivity contribution in [2.75, 3.05) is 38.3 Å². The molecule has 0 amide bonds. The van der Waals surface area contributed by atoms with Crippen LogP contribution in [0, 0.1) is 3.57 Å². The van der Waals surface area contributed by atoms with Gasteiger partial charge in [0.05, 0.1) is 29.6 Å². The monoisotopic (exact) mass is 578 g/mol. The molecule has 4 aromatic rings. The lowest BCUT2D eigenvalue weighted by Gasteiger charge is -2.28. The van der Waals surface area contributed by atoms with Gasteiger partial charge >= 0.3 is 0 Å². The summed E-state index contributed by atoms with van der Waals surface area (Å²) in [4.78, 5) is 7.00. The number of fused-ring (bicyclic) bond motifs is 1. The summed E-state index contributed by atoms with van der Waals surface area (Å²) in [7, 11) is 1.67. The summed E-state index contributed by atoms with van der Waals surface area (Å²) in [6.45, 7) is 3.89. The van der Waals surface area contributed by atoms with Crippen LogP contribution in [0.1, 0.15) is 11.1 Å². The van der Waals surface area contributed by atoms with E-state index in [0.717, 1.165) is 52.4 Å². The average molecular weight is 578 g/mol. The summed E-state index contributed by atoms with van der Waals surface area (Å²) in [5.74, 6) is 1.44. The van der Waals surface area contributed by atoms with Gasteiger partial charge in [-0.05, 0) is 87.0 Å². The molecule has 5 rings (SSSR count). The van der Waals surface area contributed by atoms with E-state index in [1.165, 1.54) is 16.5 Å². The summed E-state index contributed by atoms with van der Waals surface area (Å²) < 4.78 is 18.3. The van der Waals surface area contributed by atoms with Gasteiger partial charge < -0.3 is 19.1 Å². The minimum Gasteiger partial charge on any atom is -0.493 e. The van der Waals surface area contributed by atoms with Crippen LogP contribution in [0.25, 0.3) is 10.8 Å². The quantitative estimate of drug-likeness (QED) is 0.183. The van der Waals surface area contributed by atoms with Gasteiger partial charge in [-0.1, -0.05) is 36.4 Å². The maximum Gasteiger partial charge on any atom is 0.174 e. The smallest absolute Gasteiger partial charge is 0.174 e. The van der Waals surface area contributed by atoms with Gasteiger partial charge in [0, 0.05) is 25.0 Å². The van der Waals surface area contributed by atoms with Crippen LogP contribution >= 0.6 is 22.6 Å². The number of morpholine rings is 1. The van der Waals surface area contributed by atoms with E-state index in [4.69, 9.17) is 14.2 Å². The number of halogens is 1. The molecule has 1 aliphatic heterocycles. The van der Waals surface area contributed by atoms with E-state index in [2.05, 4.69) is 93.1 Å². The minimum absolute atomic E-state index is 0.472. The zero-order valence-electron chi connectivity index (χ0n) is 19.6. The second-order valence-corrected chi connectivity index (χ2v) is 9.54. The molecule has 1 heterocycles. The van der Waals surface area contributed by atoms with E-state index >= 15 is 0 Å². The molecule has 35 heavy (non-hydrogen) atoms. The van der Waals surface area contributed by atoms with Crippen LogP contribution < -0.4 is 14.4 Å². The number of methoxy groups -OCH3 is 1. The van der Waals surface area contributed by atoms with E-state index in [1.54, 1.807) is 7.11 Å². The number of ether oxygens (including phenoxy) is 3. The zero-order chi connectivity index (χ0) is 24.0. The van der Waals surface area contributed by atoms with Crippen molar-refractivity contribution >= 4 is 51.0 Å². The Morgan fingerprint density at radius 2 is 1.71 bits per heavy atom. The molecular weight excluding hydrogens is 551 g/mol. The Labute approximate surface area is 219 Å². The first kappa shape index (κ1) is 23.6. The van der Waals surface area contributed by atoms with Crippen molar-refractivity contribution in [2.45, 2.75) is 6.61 Å². The summed E-state index contributed by atoms with van der Waals surface area (Å²) in [5.41, 5.74) is 4.19. The minimum atomic E-state index is 0.472. The summed E-state index contributed by atoms with van der Waals surface area (Å²) >= 11 is 2.29. The Hall–Kier alpha value is -3.10. The lowest BCUT2D eigenvalue weighted by Crippen LogP contribution is -2.36. The number of hydrogen-bond acceptors (Lipinski definition) is 5. The molecule has 0 unspecified atom stereocenters. The first-order chi connectivity index (χ1) is 17.2. The lowest BCUT2D eigenvalue weighted by atomic mass is 10.1.